The molecule has 2 aliphatic heterocycles. The molecule has 3 aromatic rings. The molecule has 16 heteroatoms. The van der Waals surface area contributed by atoms with Crippen LogP contribution in [0.25, 0.3) is 0 Å². The first kappa shape index (κ1) is 41.4. The molecule has 1 aromatic heterocycles. The summed E-state index contributed by atoms with van der Waals surface area (Å²) in [6.07, 6.45) is 5.08. The number of ether oxygens (including phenoxy) is 2. The van der Waals surface area contributed by atoms with Crippen LogP contribution in [0.15, 0.2) is 96.2 Å². The van der Waals surface area contributed by atoms with E-state index in [1.54, 1.807) is 20.6 Å². The maximum Gasteiger partial charge on any atom is 0.410 e. The number of alkyl carbamates (subject to hydrolysis) is 1. The van der Waals surface area contributed by atoms with Crippen molar-refractivity contribution in [3.8, 4) is 0 Å². The van der Waals surface area contributed by atoms with Crippen LogP contribution in [0.4, 0.5) is 19.7 Å². The van der Waals surface area contributed by atoms with Crippen LogP contribution in [-0.2, 0) is 37.8 Å². The monoisotopic (exact) mass is 798 g/mol. The van der Waals surface area contributed by atoms with Crippen molar-refractivity contribution >= 4 is 29.6 Å². The van der Waals surface area contributed by atoms with Gasteiger partial charge in [-0.15, -0.1) is 5.10 Å². The van der Waals surface area contributed by atoms with Crippen molar-refractivity contribution in [2.45, 2.75) is 65.5 Å². The summed E-state index contributed by atoms with van der Waals surface area (Å²) in [6, 6.07) is 16.5. The Bertz CT molecular complexity index is 2060. The van der Waals surface area contributed by atoms with Gasteiger partial charge in [-0.25, -0.2) is 23.5 Å². The molecule has 3 aliphatic rings. The second kappa shape index (κ2) is 17.9. The topological polar surface area (TPSA) is 171 Å². The lowest BCUT2D eigenvalue weighted by Gasteiger charge is -2.42. The highest BCUT2D eigenvalue weighted by atomic mass is 19.1. The van der Waals surface area contributed by atoms with Gasteiger partial charge < -0.3 is 39.9 Å². The largest absolute Gasteiger partial charge is 0.478 e. The summed E-state index contributed by atoms with van der Waals surface area (Å²) >= 11 is 0. The van der Waals surface area contributed by atoms with Gasteiger partial charge in [-0.3, -0.25) is 4.79 Å². The molecule has 0 radical (unpaired) electrons. The summed E-state index contributed by atoms with van der Waals surface area (Å²) in [5.74, 6) is -3.44. The Morgan fingerprint density at radius 3 is 2.29 bits per heavy atom. The molecule has 6 rings (SSSR count). The Labute approximate surface area is 337 Å². The number of nitrogens with zero attached hydrogens (tertiary/aromatic N) is 6. The molecule has 0 bridgehead atoms. The van der Waals surface area contributed by atoms with Crippen molar-refractivity contribution in [2.24, 2.45) is 11.8 Å². The number of carboxylic acid groups (broad SMARTS) is 1. The predicted molar refractivity (Wildman–Crippen MR) is 213 cm³/mol. The van der Waals surface area contributed by atoms with Gasteiger partial charge in [0.1, 0.15) is 30.3 Å². The van der Waals surface area contributed by atoms with Crippen LogP contribution in [0.1, 0.15) is 57.5 Å². The molecule has 2 aromatic carbocycles. The Hall–Kier alpha value is -6.19. The van der Waals surface area contributed by atoms with Crippen molar-refractivity contribution in [3.63, 3.8) is 0 Å². The molecule has 1 fully saturated rings. The van der Waals surface area contributed by atoms with Crippen LogP contribution in [0, 0.1) is 11.8 Å². The number of ketones is 1. The van der Waals surface area contributed by atoms with E-state index in [0.29, 0.717) is 50.7 Å². The first-order valence-electron chi connectivity index (χ1n) is 19.5. The Morgan fingerprint density at radius 2 is 1.64 bits per heavy atom. The molecule has 2 amide bonds. The third-order valence-electron chi connectivity index (χ3n) is 11.1. The van der Waals surface area contributed by atoms with E-state index < -0.39 is 47.3 Å². The Morgan fingerprint density at radius 1 is 0.966 bits per heavy atom. The number of halogens is 1. The first-order valence-corrected chi connectivity index (χ1v) is 19.5. The minimum Gasteiger partial charge on any atom is -0.478 e. The van der Waals surface area contributed by atoms with Crippen molar-refractivity contribution in [2.75, 3.05) is 44.6 Å². The van der Waals surface area contributed by atoms with Gasteiger partial charge in [-0.2, -0.15) is 0 Å². The number of hydrogen-bond acceptors (Lipinski definition) is 11. The van der Waals surface area contributed by atoms with E-state index in [9.17, 15) is 24.3 Å². The number of allylic oxidation sites excluding steroid dienone is 1. The average molecular weight is 799 g/mol. The fourth-order valence-corrected chi connectivity index (χ4v) is 7.08. The van der Waals surface area contributed by atoms with E-state index in [1.165, 1.54) is 12.3 Å². The average Bonchev–Trinajstić information content (AvgIpc) is 3.73. The Kier molecular flexibility index (Phi) is 12.8. The SMILES string of the molecule is CCN1C=C(C(=O)O)C(=O)C2C=C(F)C(N3CCN(C(=O)OCc4ccc(NC[C@H](C)n5cc([C@](C)(NC(=O)OCc6ccccc6)C(C)C)nn5)cc4)CC3)=CC21. The van der Waals surface area contributed by atoms with Crippen molar-refractivity contribution in [3.05, 3.63) is 113 Å². The predicted octanol–water partition coefficient (Wildman–Crippen LogP) is 5.61. The number of hydrogen-bond donors (Lipinski definition) is 3. The van der Waals surface area contributed by atoms with Crippen molar-refractivity contribution in [1.29, 1.82) is 0 Å². The Balaban J connectivity index is 0.948. The zero-order valence-corrected chi connectivity index (χ0v) is 33.4. The number of carbonyl (C=O) groups excluding carboxylic acids is 3. The highest BCUT2D eigenvalue weighted by Gasteiger charge is 2.42. The molecule has 1 aliphatic carbocycles. The van der Waals surface area contributed by atoms with Gasteiger partial charge in [-0.1, -0.05) is 61.5 Å². The lowest BCUT2D eigenvalue weighted by molar-refractivity contribution is -0.136. The second-order valence-electron chi connectivity index (χ2n) is 15.2. The minimum atomic E-state index is -1.33. The summed E-state index contributed by atoms with van der Waals surface area (Å²) < 4.78 is 28.2. The van der Waals surface area contributed by atoms with E-state index in [0.717, 1.165) is 16.8 Å². The zero-order chi connectivity index (χ0) is 41.6. The molecule has 308 valence electrons. The highest BCUT2D eigenvalue weighted by molar-refractivity contribution is 6.18. The van der Waals surface area contributed by atoms with E-state index in [2.05, 4.69) is 20.9 Å². The summed E-state index contributed by atoms with van der Waals surface area (Å²) in [4.78, 5) is 55.3. The maximum absolute atomic E-state index is 15.3. The van der Waals surface area contributed by atoms with Crippen LogP contribution in [0.2, 0.25) is 0 Å². The number of anilines is 1. The molecular weight excluding hydrogens is 748 g/mol. The molecule has 4 atom stereocenters. The number of Topliss-reactive ketones (excluding diaryl/α,β-unsaturated/α-hetero) is 1. The minimum absolute atomic E-state index is 0.00382. The first-order chi connectivity index (χ1) is 27.8. The number of rotatable bonds is 14. The quantitative estimate of drug-likeness (QED) is 0.173. The van der Waals surface area contributed by atoms with Gasteiger partial charge >= 0.3 is 18.2 Å². The molecule has 0 saturated carbocycles. The van der Waals surface area contributed by atoms with E-state index in [-0.39, 0.29) is 30.7 Å². The molecule has 58 heavy (non-hydrogen) atoms. The zero-order valence-electron chi connectivity index (χ0n) is 33.4. The molecule has 0 spiro atoms. The fraction of sp³-hybridized carbons (Fsp3) is 0.429. The number of likely N-dealkylation sites (N-methyl/N-ethyl adjacent to an activating group) is 1. The van der Waals surface area contributed by atoms with Crippen LogP contribution < -0.4 is 10.6 Å². The lowest BCUT2D eigenvalue weighted by atomic mass is 9.82. The van der Waals surface area contributed by atoms with E-state index in [1.807, 2.05) is 100 Å². The number of aliphatic carboxylic acids is 1. The molecule has 1 saturated heterocycles. The van der Waals surface area contributed by atoms with E-state index >= 15 is 4.39 Å². The fourth-order valence-electron chi connectivity index (χ4n) is 7.08. The number of benzene rings is 2. The summed E-state index contributed by atoms with van der Waals surface area (Å²) in [6.45, 7) is 12.4. The van der Waals surface area contributed by atoms with Crippen molar-refractivity contribution < 1.29 is 38.1 Å². The number of piperazine rings is 1. The standard InChI is InChI=1S/C42H51FN8O7/c1-6-48-23-33(39(53)54)38(52)32-20-34(43)36(21-35(32)48)49-16-18-50(19-17-49)41(56)58-26-30-12-14-31(15-13-30)44-22-28(4)51-24-37(46-47-51)42(5,27(2)3)45-40(55)57-25-29-10-8-7-9-11-29/h7-15,20-21,23-24,27-28,32,35,44H,6,16-19,22,25-26H2,1-5H3,(H,45,55)(H,53,54)/t28-,32?,35?,42+/m0/s1. The number of nitrogens with one attached hydrogen (secondary N) is 2. The number of carbonyl (C=O) groups is 4. The van der Waals surface area contributed by atoms with Gasteiger partial charge in [0.25, 0.3) is 0 Å². The third kappa shape index (κ3) is 9.32. The smallest absolute Gasteiger partial charge is 0.410 e. The van der Waals surface area contributed by atoms with Crippen LogP contribution in [0.5, 0.6) is 0 Å². The number of carboxylic acids is 1. The molecular formula is C42H51FN8O7. The molecule has 3 heterocycles. The lowest BCUT2D eigenvalue weighted by Crippen LogP contribution is -2.50. The van der Waals surface area contributed by atoms with Gasteiger partial charge in [-0.05, 0) is 62.1 Å². The number of amides is 2. The van der Waals surface area contributed by atoms with Crippen LogP contribution in [0.3, 0.4) is 0 Å². The van der Waals surface area contributed by atoms with Crippen LogP contribution >= 0.6 is 0 Å². The number of aromatic nitrogens is 3. The molecule has 3 N–H and O–H groups in total. The molecule has 2 unspecified atom stereocenters. The van der Waals surface area contributed by atoms with Crippen molar-refractivity contribution in [1.82, 2.24) is 35.0 Å². The second-order valence-corrected chi connectivity index (χ2v) is 15.2. The van der Waals surface area contributed by atoms with Gasteiger partial charge in [0, 0.05) is 51.2 Å². The number of fused-ring (bicyclic) bond motifs is 1. The maximum atomic E-state index is 15.3. The third-order valence-corrected chi connectivity index (χ3v) is 11.1. The van der Waals surface area contributed by atoms with Gasteiger partial charge in [0.05, 0.1) is 35.4 Å². The van der Waals surface area contributed by atoms with E-state index in [4.69, 9.17) is 9.47 Å². The summed E-state index contributed by atoms with van der Waals surface area (Å²) in [5.41, 5.74) is 2.37. The summed E-state index contributed by atoms with van der Waals surface area (Å²) in [5, 5.41) is 24.6. The normalized spacial score (nSPS) is 19.6. The van der Waals surface area contributed by atoms with Gasteiger partial charge in [0.2, 0.25) is 0 Å². The highest BCUT2D eigenvalue weighted by Crippen LogP contribution is 2.35. The molecule has 15 nitrogen and oxygen atoms in total. The van der Waals surface area contributed by atoms with Gasteiger partial charge in [0.15, 0.2) is 5.78 Å². The summed E-state index contributed by atoms with van der Waals surface area (Å²) in [7, 11) is 0. The van der Waals surface area contributed by atoms with Crippen LogP contribution in [-0.4, -0.2) is 104 Å².